The van der Waals surface area contributed by atoms with Gasteiger partial charge in [0.2, 0.25) is 0 Å². The first kappa shape index (κ1) is 20.7. The number of piperidine rings is 1. The van der Waals surface area contributed by atoms with Gasteiger partial charge >= 0.3 is 0 Å². The van der Waals surface area contributed by atoms with Crippen LogP contribution in [-0.2, 0) is 6.54 Å². The molecule has 2 heterocycles. The number of aromatic nitrogens is 3. The molecule has 134 valence electrons. The third-order valence-corrected chi connectivity index (χ3v) is 5.53. The number of aryl methyl sites for hydroxylation is 1. The molecule has 7 heteroatoms. The largest absolute Gasteiger partial charge is 0.317 e. The lowest BCUT2D eigenvalue weighted by atomic mass is 9.67. The van der Waals surface area contributed by atoms with Gasteiger partial charge in [-0.25, -0.2) is 9.67 Å². The first-order chi connectivity index (χ1) is 10.2. The molecule has 1 saturated carbocycles. The molecule has 2 N–H and O–H groups in total. The Bertz CT molecular complexity index is 449. The van der Waals surface area contributed by atoms with Gasteiger partial charge in [-0.05, 0) is 70.9 Å². The SMILES string of the molecule is CCn1ncnc1C(C)NC1CCC2(CCNCC2)CC1.Cl.Cl. The van der Waals surface area contributed by atoms with Crippen LogP contribution in [-0.4, -0.2) is 33.9 Å². The summed E-state index contributed by atoms with van der Waals surface area (Å²) in [5.41, 5.74) is 0.649. The predicted octanol–water partition coefficient (Wildman–Crippen LogP) is 3.10. The molecule has 1 saturated heterocycles. The third-order valence-electron chi connectivity index (χ3n) is 5.53. The maximum atomic E-state index is 4.42. The molecule has 1 atom stereocenters. The van der Waals surface area contributed by atoms with Crippen LogP contribution in [0.1, 0.15) is 64.2 Å². The summed E-state index contributed by atoms with van der Waals surface area (Å²) < 4.78 is 1.99. The van der Waals surface area contributed by atoms with E-state index in [0.29, 0.717) is 17.5 Å². The molecule has 1 spiro atoms. The Balaban J connectivity index is 0.00000132. The average Bonchev–Trinajstić information content (AvgIpc) is 2.99. The lowest BCUT2D eigenvalue weighted by Crippen LogP contribution is -2.43. The molecule has 1 aliphatic carbocycles. The molecule has 2 aliphatic rings. The number of halogens is 2. The van der Waals surface area contributed by atoms with Gasteiger partial charge in [-0.1, -0.05) is 0 Å². The van der Waals surface area contributed by atoms with E-state index in [2.05, 4.69) is 34.6 Å². The second-order valence-electron chi connectivity index (χ2n) is 6.85. The summed E-state index contributed by atoms with van der Waals surface area (Å²) in [6.07, 6.45) is 9.81. The minimum Gasteiger partial charge on any atom is -0.317 e. The quantitative estimate of drug-likeness (QED) is 0.862. The monoisotopic (exact) mass is 363 g/mol. The van der Waals surface area contributed by atoms with Gasteiger partial charge in [-0.15, -0.1) is 24.8 Å². The van der Waals surface area contributed by atoms with Crippen molar-refractivity contribution in [2.75, 3.05) is 13.1 Å². The third kappa shape index (κ3) is 4.81. The molecule has 3 rings (SSSR count). The van der Waals surface area contributed by atoms with Gasteiger partial charge in [0.1, 0.15) is 12.2 Å². The molecule has 0 aromatic carbocycles. The van der Waals surface area contributed by atoms with Crippen molar-refractivity contribution in [3.8, 4) is 0 Å². The Kier molecular flexibility index (Phi) is 8.28. The minimum atomic E-state index is 0. The molecule has 1 unspecified atom stereocenters. The molecular weight excluding hydrogens is 333 g/mol. The molecular formula is C16H31Cl2N5. The van der Waals surface area contributed by atoms with Gasteiger partial charge in [0.25, 0.3) is 0 Å². The van der Waals surface area contributed by atoms with Crippen molar-refractivity contribution < 1.29 is 0 Å². The van der Waals surface area contributed by atoms with Gasteiger partial charge < -0.3 is 10.6 Å². The van der Waals surface area contributed by atoms with Crippen LogP contribution < -0.4 is 10.6 Å². The highest BCUT2D eigenvalue weighted by Crippen LogP contribution is 2.43. The Hall–Kier alpha value is -0.360. The van der Waals surface area contributed by atoms with Crippen LogP contribution >= 0.6 is 24.8 Å². The van der Waals surface area contributed by atoms with Crippen LogP contribution in [0.3, 0.4) is 0 Å². The van der Waals surface area contributed by atoms with Crippen LogP contribution in [0.25, 0.3) is 0 Å². The van der Waals surface area contributed by atoms with Crippen molar-refractivity contribution >= 4 is 24.8 Å². The van der Waals surface area contributed by atoms with E-state index < -0.39 is 0 Å². The smallest absolute Gasteiger partial charge is 0.143 e. The fourth-order valence-electron chi connectivity index (χ4n) is 4.13. The Morgan fingerprint density at radius 2 is 1.91 bits per heavy atom. The first-order valence-electron chi connectivity index (χ1n) is 8.57. The molecule has 2 fully saturated rings. The van der Waals surface area contributed by atoms with Crippen LogP contribution in [0.4, 0.5) is 0 Å². The van der Waals surface area contributed by atoms with E-state index in [-0.39, 0.29) is 24.8 Å². The molecule has 0 bridgehead atoms. The van der Waals surface area contributed by atoms with Crippen LogP contribution in [0.15, 0.2) is 6.33 Å². The van der Waals surface area contributed by atoms with E-state index in [0.717, 1.165) is 12.4 Å². The molecule has 1 aromatic heterocycles. The van der Waals surface area contributed by atoms with Crippen molar-refractivity contribution in [3.63, 3.8) is 0 Å². The standard InChI is InChI=1S/C16H29N5.2ClH/c1-3-21-15(18-12-19-21)13(2)20-14-4-6-16(7-5-14)8-10-17-11-9-16;;/h12-14,17,20H,3-11H2,1-2H3;2*1H. The molecule has 23 heavy (non-hydrogen) atoms. The first-order valence-corrected chi connectivity index (χ1v) is 8.57. The van der Waals surface area contributed by atoms with E-state index in [9.17, 15) is 0 Å². The maximum Gasteiger partial charge on any atom is 0.143 e. The fourth-order valence-corrected chi connectivity index (χ4v) is 4.13. The van der Waals surface area contributed by atoms with Gasteiger partial charge in [0, 0.05) is 12.6 Å². The highest BCUT2D eigenvalue weighted by molar-refractivity contribution is 5.85. The zero-order valence-corrected chi connectivity index (χ0v) is 15.9. The Morgan fingerprint density at radius 1 is 1.26 bits per heavy atom. The molecule has 0 amide bonds. The van der Waals surface area contributed by atoms with Gasteiger partial charge in [-0.2, -0.15) is 5.10 Å². The number of hydrogen-bond donors (Lipinski definition) is 2. The van der Waals surface area contributed by atoms with Crippen molar-refractivity contribution in [1.29, 1.82) is 0 Å². The fraction of sp³-hybridized carbons (Fsp3) is 0.875. The molecule has 0 radical (unpaired) electrons. The summed E-state index contributed by atoms with van der Waals surface area (Å²) >= 11 is 0. The average molecular weight is 364 g/mol. The topological polar surface area (TPSA) is 54.8 Å². The van der Waals surface area contributed by atoms with Gasteiger partial charge in [-0.3, -0.25) is 0 Å². The highest BCUT2D eigenvalue weighted by atomic mass is 35.5. The summed E-state index contributed by atoms with van der Waals surface area (Å²) in [5, 5.41) is 11.6. The zero-order valence-electron chi connectivity index (χ0n) is 14.3. The Labute approximate surface area is 152 Å². The van der Waals surface area contributed by atoms with E-state index in [1.165, 1.54) is 51.6 Å². The lowest BCUT2D eigenvalue weighted by molar-refractivity contribution is 0.112. The van der Waals surface area contributed by atoms with Gasteiger partial charge in [0.05, 0.1) is 6.04 Å². The van der Waals surface area contributed by atoms with Crippen LogP contribution in [0.5, 0.6) is 0 Å². The summed E-state index contributed by atoms with van der Waals surface area (Å²) in [4.78, 5) is 4.42. The molecule has 5 nitrogen and oxygen atoms in total. The summed E-state index contributed by atoms with van der Waals surface area (Å²) in [7, 11) is 0. The van der Waals surface area contributed by atoms with E-state index in [1.807, 2.05) is 4.68 Å². The minimum absolute atomic E-state index is 0. The second kappa shape index (κ2) is 9.21. The lowest BCUT2D eigenvalue weighted by Gasteiger charge is -2.43. The maximum absolute atomic E-state index is 4.42. The van der Waals surface area contributed by atoms with Gasteiger partial charge in [0.15, 0.2) is 0 Å². The van der Waals surface area contributed by atoms with Crippen molar-refractivity contribution in [2.45, 2.75) is 71.0 Å². The highest BCUT2D eigenvalue weighted by Gasteiger charge is 2.36. The molecule has 1 aromatic rings. The van der Waals surface area contributed by atoms with Crippen LogP contribution in [0, 0.1) is 5.41 Å². The van der Waals surface area contributed by atoms with E-state index >= 15 is 0 Å². The number of nitrogens with one attached hydrogen (secondary N) is 2. The van der Waals surface area contributed by atoms with E-state index in [4.69, 9.17) is 0 Å². The Morgan fingerprint density at radius 3 is 2.52 bits per heavy atom. The predicted molar refractivity (Wildman–Crippen MR) is 98.5 cm³/mol. The normalized spacial score (nSPS) is 22.2. The van der Waals surface area contributed by atoms with Crippen molar-refractivity contribution in [3.05, 3.63) is 12.2 Å². The number of nitrogens with zero attached hydrogens (tertiary/aromatic N) is 3. The summed E-state index contributed by atoms with van der Waals surface area (Å²) in [5.74, 6) is 1.07. The zero-order chi connectivity index (χ0) is 14.7. The van der Waals surface area contributed by atoms with Crippen molar-refractivity contribution in [2.24, 2.45) is 5.41 Å². The summed E-state index contributed by atoms with van der Waals surface area (Å²) in [6.45, 7) is 7.65. The number of hydrogen-bond acceptors (Lipinski definition) is 4. The summed E-state index contributed by atoms with van der Waals surface area (Å²) in [6, 6.07) is 0.932. The molecule has 1 aliphatic heterocycles. The number of rotatable bonds is 4. The van der Waals surface area contributed by atoms with Crippen molar-refractivity contribution in [1.82, 2.24) is 25.4 Å². The van der Waals surface area contributed by atoms with Crippen LogP contribution in [0.2, 0.25) is 0 Å². The van der Waals surface area contributed by atoms with E-state index in [1.54, 1.807) is 6.33 Å². The second-order valence-corrected chi connectivity index (χ2v) is 6.85.